The molecule has 0 heterocycles. The monoisotopic (exact) mass is 196 g/mol. The van der Waals surface area contributed by atoms with Crippen LogP contribution >= 0.6 is 0 Å². The van der Waals surface area contributed by atoms with E-state index in [0.29, 0.717) is 0 Å². The molecular formula is C12H20O2. The van der Waals surface area contributed by atoms with E-state index < -0.39 is 0 Å². The van der Waals surface area contributed by atoms with Gasteiger partial charge in [0.25, 0.3) is 0 Å². The van der Waals surface area contributed by atoms with Crippen molar-refractivity contribution in [2.45, 2.75) is 46.6 Å². The molecule has 80 valence electrons. The van der Waals surface area contributed by atoms with Gasteiger partial charge in [0.2, 0.25) is 0 Å². The van der Waals surface area contributed by atoms with Gasteiger partial charge in [0.1, 0.15) is 5.78 Å². The number of carbonyl (C=O) groups excluding carboxylic acids is 1. The van der Waals surface area contributed by atoms with Gasteiger partial charge in [0, 0.05) is 5.41 Å². The molecule has 0 aromatic carbocycles. The second-order valence-corrected chi connectivity index (χ2v) is 4.91. The van der Waals surface area contributed by atoms with E-state index in [4.69, 9.17) is 0 Å². The zero-order valence-corrected chi connectivity index (χ0v) is 9.50. The maximum Gasteiger partial charge on any atom is 0.135 e. The molecule has 0 saturated heterocycles. The minimum Gasteiger partial charge on any atom is -0.389 e. The van der Waals surface area contributed by atoms with Crippen LogP contribution in [0.15, 0.2) is 11.6 Å². The van der Waals surface area contributed by atoms with E-state index in [1.165, 1.54) is 0 Å². The fraction of sp³-hybridized carbons (Fsp3) is 0.750. The third kappa shape index (κ3) is 2.06. The highest BCUT2D eigenvalue weighted by atomic mass is 16.3. The summed E-state index contributed by atoms with van der Waals surface area (Å²) >= 11 is 0. The Kier molecular flexibility index (Phi) is 3.15. The minimum absolute atomic E-state index is 0.211. The lowest BCUT2D eigenvalue weighted by atomic mass is 9.69. The lowest BCUT2D eigenvalue weighted by Gasteiger charge is -2.35. The molecule has 1 aliphatic carbocycles. The minimum atomic E-state index is -0.354. The van der Waals surface area contributed by atoms with E-state index in [1.54, 1.807) is 6.92 Å². The SMILES string of the molecule is CC(=O)C(C)(C)C1CC=C(C)C(O)C1. The fourth-order valence-electron chi connectivity index (χ4n) is 1.89. The molecule has 1 rings (SSSR count). The number of rotatable bonds is 2. The molecule has 0 aliphatic heterocycles. The molecule has 2 nitrogen and oxygen atoms in total. The van der Waals surface area contributed by atoms with E-state index >= 15 is 0 Å². The Balaban J connectivity index is 2.79. The standard InChI is InChI=1S/C12H20O2/c1-8-5-6-10(7-11(8)14)12(3,4)9(2)13/h5,10-11,14H,6-7H2,1-4H3. The summed E-state index contributed by atoms with van der Waals surface area (Å²) in [4.78, 5) is 11.5. The average Bonchev–Trinajstić information content (AvgIpc) is 2.09. The molecule has 0 fully saturated rings. The summed E-state index contributed by atoms with van der Waals surface area (Å²) in [6, 6.07) is 0. The Labute approximate surface area is 86.0 Å². The second-order valence-electron chi connectivity index (χ2n) is 4.91. The van der Waals surface area contributed by atoms with Crippen molar-refractivity contribution in [3.63, 3.8) is 0 Å². The molecule has 0 spiro atoms. The molecule has 1 N–H and O–H groups in total. The molecule has 0 saturated carbocycles. The summed E-state index contributed by atoms with van der Waals surface area (Å²) < 4.78 is 0. The second kappa shape index (κ2) is 3.85. The number of hydrogen-bond donors (Lipinski definition) is 1. The molecule has 2 heteroatoms. The van der Waals surface area contributed by atoms with Gasteiger partial charge in [-0.15, -0.1) is 0 Å². The highest BCUT2D eigenvalue weighted by Crippen LogP contribution is 2.38. The lowest BCUT2D eigenvalue weighted by molar-refractivity contribution is -0.128. The zero-order chi connectivity index (χ0) is 10.9. The zero-order valence-electron chi connectivity index (χ0n) is 9.50. The van der Waals surface area contributed by atoms with Gasteiger partial charge in [-0.3, -0.25) is 4.79 Å². The predicted octanol–water partition coefficient (Wildman–Crippen LogP) is 2.32. The van der Waals surface area contributed by atoms with Gasteiger partial charge in [0.05, 0.1) is 6.10 Å². The van der Waals surface area contributed by atoms with E-state index in [0.717, 1.165) is 18.4 Å². The number of Topliss-reactive ketones (excluding diaryl/α,β-unsaturated/α-hetero) is 1. The van der Waals surface area contributed by atoms with Crippen molar-refractivity contribution >= 4 is 5.78 Å². The molecule has 0 amide bonds. The van der Waals surface area contributed by atoms with E-state index in [1.807, 2.05) is 20.8 Å². The molecule has 0 bridgehead atoms. The van der Waals surface area contributed by atoms with E-state index in [2.05, 4.69) is 6.08 Å². The van der Waals surface area contributed by atoms with Crippen LogP contribution in [0.2, 0.25) is 0 Å². The Morgan fingerprint density at radius 2 is 2.14 bits per heavy atom. The average molecular weight is 196 g/mol. The Morgan fingerprint density at radius 1 is 1.57 bits per heavy atom. The third-order valence-electron chi connectivity index (χ3n) is 3.69. The summed E-state index contributed by atoms with van der Waals surface area (Å²) in [6.07, 6.45) is 3.33. The van der Waals surface area contributed by atoms with Crippen LogP contribution < -0.4 is 0 Å². The summed E-state index contributed by atoms with van der Waals surface area (Å²) in [7, 11) is 0. The van der Waals surface area contributed by atoms with Crippen LogP contribution in [-0.2, 0) is 4.79 Å². The molecule has 0 aromatic heterocycles. The lowest BCUT2D eigenvalue weighted by Crippen LogP contribution is -2.35. The molecule has 2 atom stereocenters. The first-order valence-electron chi connectivity index (χ1n) is 5.21. The third-order valence-corrected chi connectivity index (χ3v) is 3.69. The van der Waals surface area contributed by atoms with Crippen molar-refractivity contribution in [3.05, 3.63) is 11.6 Å². The normalized spacial score (nSPS) is 28.5. The van der Waals surface area contributed by atoms with Crippen molar-refractivity contribution in [2.75, 3.05) is 0 Å². The summed E-state index contributed by atoms with van der Waals surface area (Å²) in [5.74, 6) is 0.487. The Morgan fingerprint density at radius 3 is 2.57 bits per heavy atom. The van der Waals surface area contributed by atoms with Gasteiger partial charge in [-0.1, -0.05) is 19.9 Å². The first-order valence-corrected chi connectivity index (χ1v) is 5.21. The van der Waals surface area contributed by atoms with Crippen LogP contribution in [0.5, 0.6) is 0 Å². The van der Waals surface area contributed by atoms with Crippen molar-refractivity contribution in [2.24, 2.45) is 11.3 Å². The number of aliphatic hydroxyl groups is 1. The molecule has 0 radical (unpaired) electrons. The summed E-state index contributed by atoms with van der Waals surface area (Å²) in [5.41, 5.74) is 0.735. The highest BCUT2D eigenvalue weighted by Gasteiger charge is 2.36. The summed E-state index contributed by atoms with van der Waals surface area (Å²) in [5, 5.41) is 9.71. The topological polar surface area (TPSA) is 37.3 Å². The Hall–Kier alpha value is -0.630. The highest BCUT2D eigenvalue weighted by molar-refractivity contribution is 5.81. The largest absolute Gasteiger partial charge is 0.389 e. The Bertz CT molecular complexity index is 263. The van der Waals surface area contributed by atoms with Gasteiger partial charge < -0.3 is 5.11 Å². The first-order chi connectivity index (χ1) is 6.35. The fourth-order valence-corrected chi connectivity index (χ4v) is 1.89. The van der Waals surface area contributed by atoms with Crippen molar-refractivity contribution < 1.29 is 9.90 Å². The van der Waals surface area contributed by atoms with Crippen molar-refractivity contribution in [3.8, 4) is 0 Å². The van der Waals surface area contributed by atoms with Gasteiger partial charge >= 0.3 is 0 Å². The molecule has 2 unspecified atom stereocenters. The van der Waals surface area contributed by atoms with E-state index in [-0.39, 0.29) is 23.2 Å². The van der Waals surface area contributed by atoms with Crippen LogP contribution in [0.1, 0.15) is 40.5 Å². The van der Waals surface area contributed by atoms with Crippen LogP contribution in [-0.4, -0.2) is 17.0 Å². The van der Waals surface area contributed by atoms with Crippen molar-refractivity contribution in [1.82, 2.24) is 0 Å². The van der Waals surface area contributed by atoms with Gasteiger partial charge in [-0.25, -0.2) is 0 Å². The maximum absolute atomic E-state index is 11.5. The number of ketones is 1. The maximum atomic E-state index is 11.5. The van der Waals surface area contributed by atoms with Gasteiger partial charge in [0.15, 0.2) is 0 Å². The summed E-state index contributed by atoms with van der Waals surface area (Å²) in [6.45, 7) is 7.53. The quantitative estimate of drug-likeness (QED) is 0.688. The van der Waals surface area contributed by atoms with Gasteiger partial charge in [-0.05, 0) is 38.2 Å². The smallest absolute Gasteiger partial charge is 0.135 e. The number of aliphatic hydroxyl groups excluding tert-OH is 1. The molecule has 1 aliphatic rings. The predicted molar refractivity (Wildman–Crippen MR) is 56.9 cm³/mol. The number of carbonyl (C=O) groups is 1. The van der Waals surface area contributed by atoms with Crippen LogP contribution in [0.25, 0.3) is 0 Å². The number of hydrogen-bond acceptors (Lipinski definition) is 2. The van der Waals surface area contributed by atoms with Crippen LogP contribution in [0.4, 0.5) is 0 Å². The van der Waals surface area contributed by atoms with Crippen LogP contribution in [0, 0.1) is 11.3 Å². The molecule has 14 heavy (non-hydrogen) atoms. The first kappa shape index (κ1) is 11.4. The molecular weight excluding hydrogens is 176 g/mol. The van der Waals surface area contributed by atoms with Crippen molar-refractivity contribution in [1.29, 1.82) is 0 Å². The van der Waals surface area contributed by atoms with E-state index in [9.17, 15) is 9.90 Å². The van der Waals surface area contributed by atoms with Gasteiger partial charge in [-0.2, -0.15) is 0 Å². The van der Waals surface area contributed by atoms with Crippen LogP contribution in [0.3, 0.4) is 0 Å². The number of allylic oxidation sites excluding steroid dienone is 1. The molecule has 0 aromatic rings.